The van der Waals surface area contributed by atoms with Crippen LogP contribution in [-0.2, 0) is 0 Å². The normalized spacial score (nSPS) is 20.1. The van der Waals surface area contributed by atoms with Gasteiger partial charge in [-0.2, -0.15) is 0 Å². The molecule has 176 valence electrons. The molecule has 2 aliphatic rings. The molecular weight excluding hydrogens is 456 g/mol. The number of terminal acetylenes is 1. The van der Waals surface area contributed by atoms with Crippen LogP contribution >= 0.6 is 11.6 Å². The molecule has 0 saturated carbocycles. The molecule has 0 saturated heterocycles. The van der Waals surface area contributed by atoms with Gasteiger partial charge in [-0.1, -0.05) is 59.5 Å². The average Bonchev–Trinajstić information content (AvgIpc) is 3.37. The number of fused-ring (bicyclic) bond motifs is 3. The van der Waals surface area contributed by atoms with E-state index in [1.165, 1.54) is 22.4 Å². The summed E-state index contributed by atoms with van der Waals surface area (Å²) in [6.45, 7) is 2.28. The van der Waals surface area contributed by atoms with Gasteiger partial charge in [0.1, 0.15) is 6.61 Å². The molecule has 0 bridgehead atoms. The van der Waals surface area contributed by atoms with E-state index < -0.39 is 0 Å². The number of aryl methyl sites for hydroxylation is 1. The van der Waals surface area contributed by atoms with Gasteiger partial charge in [-0.05, 0) is 66.3 Å². The Balaban J connectivity index is 1.35. The van der Waals surface area contributed by atoms with E-state index in [2.05, 4.69) is 77.8 Å². The summed E-state index contributed by atoms with van der Waals surface area (Å²) in [5, 5.41) is 4.22. The Hall–Kier alpha value is -3.68. The quantitative estimate of drug-likeness (QED) is 0.228. The molecule has 0 spiro atoms. The van der Waals surface area contributed by atoms with Crippen LogP contribution in [0.1, 0.15) is 40.6 Å². The van der Waals surface area contributed by atoms with Crippen molar-refractivity contribution < 1.29 is 9.47 Å². The van der Waals surface area contributed by atoms with Gasteiger partial charge in [0, 0.05) is 17.8 Å². The molecule has 5 heteroatoms. The lowest BCUT2D eigenvalue weighted by Crippen LogP contribution is -2.29. The number of hydrogen-bond donors (Lipinski definition) is 1. The minimum absolute atomic E-state index is 0.120. The molecule has 3 aromatic carbocycles. The van der Waals surface area contributed by atoms with Crippen molar-refractivity contribution in [1.82, 2.24) is 0 Å². The van der Waals surface area contributed by atoms with Gasteiger partial charge in [0.05, 0.1) is 23.9 Å². The first-order chi connectivity index (χ1) is 17.1. The lowest BCUT2D eigenvalue weighted by Gasteiger charge is -2.37. The van der Waals surface area contributed by atoms with E-state index in [1.54, 1.807) is 19.4 Å². The van der Waals surface area contributed by atoms with Crippen LogP contribution in [0.4, 0.5) is 11.4 Å². The maximum atomic E-state index is 6.38. The maximum Gasteiger partial charge on any atom is 0.181 e. The van der Waals surface area contributed by atoms with Crippen molar-refractivity contribution in [3.05, 3.63) is 94.0 Å². The molecule has 0 amide bonds. The molecule has 1 N–H and O–H groups in total. The summed E-state index contributed by atoms with van der Waals surface area (Å²) in [5.41, 5.74) is 6.89. The minimum Gasteiger partial charge on any atom is -0.493 e. The maximum absolute atomic E-state index is 6.38. The molecule has 1 aliphatic heterocycles. The SMILES string of the molecule is C#CCOc1c(Cl)cc(C=Nc2ccc([C@@H]3Nc4ccc(C)cc4[C@@H]4C=CC[C@H]43)cc2)cc1OC. The first kappa shape index (κ1) is 23.1. The third kappa shape index (κ3) is 4.65. The van der Waals surface area contributed by atoms with Gasteiger partial charge >= 0.3 is 0 Å². The molecular formula is C30H27ClN2O2. The lowest BCUT2D eigenvalue weighted by molar-refractivity contribution is 0.331. The topological polar surface area (TPSA) is 42.8 Å². The highest BCUT2D eigenvalue weighted by Crippen LogP contribution is 2.50. The number of allylic oxidation sites excluding steroid dienone is 2. The van der Waals surface area contributed by atoms with Crippen molar-refractivity contribution in [1.29, 1.82) is 0 Å². The molecule has 5 rings (SSSR count). The van der Waals surface area contributed by atoms with Crippen molar-refractivity contribution in [3.63, 3.8) is 0 Å². The second kappa shape index (κ2) is 9.90. The number of nitrogens with zero attached hydrogens (tertiary/aromatic N) is 1. The van der Waals surface area contributed by atoms with Crippen LogP contribution in [0.2, 0.25) is 5.02 Å². The summed E-state index contributed by atoms with van der Waals surface area (Å²) >= 11 is 6.38. The third-order valence-electron chi connectivity index (χ3n) is 6.68. The first-order valence-electron chi connectivity index (χ1n) is 11.7. The molecule has 3 aromatic rings. The number of aliphatic imine (C=N–C) groups is 1. The summed E-state index contributed by atoms with van der Waals surface area (Å²) < 4.78 is 10.9. The van der Waals surface area contributed by atoms with Crippen molar-refractivity contribution in [2.75, 3.05) is 19.0 Å². The van der Waals surface area contributed by atoms with Gasteiger partial charge in [0.2, 0.25) is 0 Å². The predicted octanol–water partition coefficient (Wildman–Crippen LogP) is 7.25. The van der Waals surface area contributed by atoms with E-state index in [4.69, 9.17) is 27.5 Å². The monoisotopic (exact) mass is 482 g/mol. The molecule has 4 nitrogen and oxygen atoms in total. The Labute approximate surface area is 211 Å². The van der Waals surface area contributed by atoms with Gasteiger partial charge < -0.3 is 14.8 Å². The fourth-order valence-electron chi connectivity index (χ4n) is 5.03. The van der Waals surface area contributed by atoms with Crippen LogP contribution in [-0.4, -0.2) is 19.9 Å². The Bertz CT molecular complexity index is 1340. The second-order valence-electron chi connectivity index (χ2n) is 8.94. The summed E-state index contributed by atoms with van der Waals surface area (Å²) in [5.74, 6) is 4.36. The van der Waals surface area contributed by atoms with E-state index in [9.17, 15) is 0 Å². The second-order valence-corrected chi connectivity index (χ2v) is 9.35. The predicted molar refractivity (Wildman–Crippen MR) is 144 cm³/mol. The van der Waals surface area contributed by atoms with Crippen molar-refractivity contribution in [2.24, 2.45) is 10.9 Å². The van der Waals surface area contributed by atoms with E-state index in [1.807, 2.05) is 6.07 Å². The fraction of sp³-hybridized carbons (Fsp3) is 0.233. The lowest BCUT2D eigenvalue weighted by atomic mass is 9.76. The number of anilines is 1. The molecule has 1 heterocycles. The zero-order valence-corrected chi connectivity index (χ0v) is 20.5. The molecule has 0 fully saturated rings. The molecule has 0 unspecified atom stereocenters. The number of rotatable bonds is 6. The number of methoxy groups -OCH3 is 1. The van der Waals surface area contributed by atoms with Crippen molar-refractivity contribution in [2.45, 2.75) is 25.3 Å². The fourth-order valence-corrected chi connectivity index (χ4v) is 5.30. The van der Waals surface area contributed by atoms with Crippen LogP contribution in [0, 0.1) is 25.2 Å². The molecule has 35 heavy (non-hydrogen) atoms. The summed E-state index contributed by atoms with van der Waals surface area (Å²) in [6.07, 6.45) is 12.8. The Morgan fingerprint density at radius 1 is 1.17 bits per heavy atom. The van der Waals surface area contributed by atoms with E-state index in [-0.39, 0.29) is 12.6 Å². The molecule has 0 aromatic heterocycles. The van der Waals surface area contributed by atoms with Gasteiger partial charge in [-0.3, -0.25) is 4.99 Å². The van der Waals surface area contributed by atoms with Gasteiger partial charge in [-0.25, -0.2) is 0 Å². The highest BCUT2D eigenvalue weighted by Gasteiger charge is 2.37. The Morgan fingerprint density at radius 2 is 2.00 bits per heavy atom. The van der Waals surface area contributed by atoms with Gasteiger partial charge in [-0.15, -0.1) is 6.42 Å². The Kier molecular flexibility index (Phi) is 6.53. The molecule has 0 radical (unpaired) electrons. The van der Waals surface area contributed by atoms with Crippen molar-refractivity contribution >= 4 is 29.2 Å². The standard InChI is InChI=1S/C30H27ClN2O2/c1-4-14-35-30-26(31)16-20(17-28(30)34-3)18-32-22-11-9-21(10-12-22)29-24-7-5-6-23(24)25-15-19(2)8-13-27(25)33-29/h1,5-6,8-13,15-18,23-24,29,33H,7,14H2,2-3H3/t23-,24-,29+/m1/s1. The van der Waals surface area contributed by atoms with Gasteiger partial charge in [0.25, 0.3) is 0 Å². The average molecular weight is 483 g/mol. The highest BCUT2D eigenvalue weighted by molar-refractivity contribution is 6.32. The number of nitrogens with one attached hydrogen (secondary N) is 1. The number of ether oxygens (including phenoxy) is 2. The van der Waals surface area contributed by atoms with Crippen LogP contribution in [0.15, 0.2) is 71.7 Å². The zero-order valence-electron chi connectivity index (χ0n) is 19.8. The summed E-state index contributed by atoms with van der Waals surface area (Å²) in [7, 11) is 1.57. The number of benzene rings is 3. The van der Waals surface area contributed by atoms with E-state index in [0.717, 1.165) is 17.7 Å². The Morgan fingerprint density at radius 3 is 2.77 bits per heavy atom. The van der Waals surface area contributed by atoms with E-state index in [0.29, 0.717) is 28.4 Å². The minimum atomic E-state index is 0.120. The van der Waals surface area contributed by atoms with Crippen molar-refractivity contribution in [3.8, 4) is 23.8 Å². The zero-order chi connectivity index (χ0) is 24.4. The van der Waals surface area contributed by atoms with Crippen LogP contribution in [0.3, 0.4) is 0 Å². The van der Waals surface area contributed by atoms with E-state index >= 15 is 0 Å². The number of hydrogen-bond acceptors (Lipinski definition) is 4. The smallest absolute Gasteiger partial charge is 0.181 e. The number of halogens is 1. The summed E-state index contributed by atoms with van der Waals surface area (Å²) in [6, 6.07) is 19.0. The first-order valence-corrected chi connectivity index (χ1v) is 12.1. The molecule has 3 atom stereocenters. The third-order valence-corrected chi connectivity index (χ3v) is 6.97. The van der Waals surface area contributed by atoms with Gasteiger partial charge in [0.15, 0.2) is 11.5 Å². The van der Waals surface area contributed by atoms with Crippen LogP contribution in [0.25, 0.3) is 0 Å². The van der Waals surface area contributed by atoms with Crippen LogP contribution < -0.4 is 14.8 Å². The largest absolute Gasteiger partial charge is 0.493 e. The summed E-state index contributed by atoms with van der Waals surface area (Å²) in [4.78, 5) is 4.64. The molecule has 1 aliphatic carbocycles. The van der Waals surface area contributed by atoms with Crippen LogP contribution in [0.5, 0.6) is 11.5 Å². The highest BCUT2D eigenvalue weighted by atomic mass is 35.5.